The topological polar surface area (TPSA) is 50.8 Å². The normalized spacial score (nSPS) is 18.9. The molecule has 156 valence electrons. The third kappa shape index (κ3) is 4.50. The lowest BCUT2D eigenvalue weighted by molar-refractivity contribution is 0.0939. The van der Waals surface area contributed by atoms with Crippen molar-refractivity contribution >= 4 is 17.2 Å². The summed E-state index contributed by atoms with van der Waals surface area (Å²) in [5.41, 5.74) is 2.32. The molecular weight excluding hydrogens is 396 g/mol. The van der Waals surface area contributed by atoms with Crippen LogP contribution in [0, 0.1) is 0 Å². The summed E-state index contributed by atoms with van der Waals surface area (Å²) in [6.45, 7) is 2.44. The third-order valence-electron chi connectivity index (χ3n) is 5.54. The summed E-state index contributed by atoms with van der Waals surface area (Å²) in [6, 6.07) is 20.0. The van der Waals surface area contributed by atoms with Gasteiger partial charge >= 0.3 is 0 Å². The minimum atomic E-state index is -0.0246. The van der Waals surface area contributed by atoms with Crippen LogP contribution in [-0.4, -0.2) is 44.2 Å². The molecule has 0 unspecified atom stereocenters. The minimum absolute atomic E-state index is 0.0238. The van der Waals surface area contributed by atoms with Crippen molar-refractivity contribution in [2.45, 2.75) is 18.5 Å². The van der Waals surface area contributed by atoms with Gasteiger partial charge in [-0.25, -0.2) is 0 Å². The lowest BCUT2D eigenvalue weighted by atomic mass is 9.93. The van der Waals surface area contributed by atoms with Gasteiger partial charge in [0.25, 0.3) is 5.91 Å². The number of ether oxygens (including phenoxy) is 2. The molecule has 0 saturated carbocycles. The largest absolute Gasteiger partial charge is 0.497 e. The summed E-state index contributed by atoms with van der Waals surface area (Å²) < 4.78 is 11.1. The van der Waals surface area contributed by atoms with Gasteiger partial charge in [-0.05, 0) is 35.2 Å². The molecule has 2 aromatic carbocycles. The Hall–Kier alpha value is -2.83. The van der Waals surface area contributed by atoms with Crippen LogP contribution in [0.4, 0.5) is 0 Å². The van der Waals surface area contributed by atoms with E-state index in [1.54, 1.807) is 14.2 Å². The van der Waals surface area contributed by atoms with Crippen LogP contribution in [0.25, 0.3) is 0 Å². The number of amides is 1. The second-order valence-electron chi connectivity index (χ2n) is 7.45. The number of benzene rings is 2. The van der Waals surface area contributed by atoms with E-state index in [0.717, 1.165) is 41.6 Å². The number of rotatable bonds is 7. The van der Waals surface area contributed by atoms with Gasteiger partial charge in [-0.15, -0.1) is 11.3 Å². The first-order valence-corrected chi connectivity index (χ1v) is 10.9. The number of hydrogen-bond donors (Lipinski definition) is 1. The predicted molar refractivity (Wildman–Crippen MR) is 120 cm³/mol. The third-order valence-corrected chi connectivity index (χ3v) is 6.41. The maximum absolute atomic E-state index is 12.8. The molecule has 6 heteroatoms. The fourth-order valence-corrected chi connectivity index (χ4v) is 4.72. The van der Waals surface area contributed by atoms with Crippen molar-refractivity contribution in [3.63, 3.8) is 0 Å². The number of carbonyl (C=O) groups excluding carboxylic acids is 1. The number of hydrogen-bond acceptors (Lipinski definition) is 5. The van der Waals surface area contributed by atoms with Gasteiger partial charge in [-0.1, -0.05) is 36.4 Å². The average Bonchev–Trinajstić information content (AvgIpc) is 3.44. The molecule has 0 aliphatic carbocycles. The van der Waals surface area contributed by atoms with E-state index in [2.05, 4.69) is 34.5 Å². The number of nitrogens with zero attached hydrogens (tertiary/aromatic N) is 1. The molecule has 1 N–H and O–H groups in total. The molecule has 1 saturated heterocycles. The van der Waals surface area contributed by atoms with Crippen LogP contribution in [0.2, 0.25) is 0 Å². The molecule has 0 spiro atoms. The van der Waals surface area contributed by atoms with Crippen LogP contribution in [0.3, 0.4) is 0 Å². The van der Waals surface area contributed by atoms with Crippen molar-refractivity contribution in [2.75, 3.05) is 27.3 Å². The van der Waals surface area contributed by atoms with Crippen molar-refractivity contribution < 1.29 is 14.3 Å². The molecule has 2 heterocycles. The van der Waals surface area contributed by atoms with E-state index >= 15 is 0 Å². The fourth-order valence-electron chi connectivity index (χ4n) is 4.09. The average molecular weight is 423 g/mol. The molecule has 0 radical (unpaired) electrons. The van der Waals surface area contributed by atoms with Gasteiger partial charge in [0.1, 0.15) is 11.5 Å². The zero-order valence-electron chi connectivity index (χ0n) is 17.2. The summed E-state index contributed by atoms with van der Waals surface area (Å²) in [5.74, 6) is 1.68. The van der Waals surface area contributed by atoms with E-state index in [0.29, 0.717) is 0 Å². The summed E-state index contributed by atoms with van der Waals surface area (Å²) in [4.78, 5) is 15.9. The molecule has 30 heavy (non-hydrogen) atoms. The Bertz CT molecular complexity index is 975. The summed E-state index contributed by atoms with van der Waals surface area (Å²) in [6.07, 6.45) is 0. The summed E-state index contributed by atoms with van der Waals surface area (Å²) >= 11 is 1.46. The smallest absolute Gasteiger partial charge is 0.261 e. The molecular formula is C24H26N2O3S. The minimum Gasteiger partial charge on any atom is -0.497 e. The zero-order chi connectivity index (χ0) is 20.9. The monoisotopic (exact) mass is 422 g/mol. The second kappa shape index (κ2) is 9.32. The Morgan fingerprint density at radius 1 is 1.07 bits per heavy atom. The SMILES string of the molecule is COc1ccc(OC)c([C@@H]2CN(Cc3ccccc3)C[C@H]2NC(=O)c2cccs2)c1. The van der Waals surface area contributed by atoms with Crippen LogP contribution >= 0.6 is 11.3 Å². The highest BCUT2D eigenvalue weighted by Crippen LogP contribution is 2.37. The molecule has 0 bridgehead atoms. The summed E-state index contributed by atoms with van der Waals surface area (Å²) in [5, 5.41) is 5.19. The highest BCUT2D eigenvalue weighted by molar-refractivity contribution is 7.12. The standard InChI is InChI=1S/C24H26N2O3S/c1-28-18-10-11-22(29-2)19(13-18)20-15-26(14-17-7-4-3-5-8-17)16-21(20)25-24(27)23-9-6-12-30-23/h3-13,20-21H,14-16H2,1-2H3,(H,25,27)/t20-,21+/m0/s1. The first kappa shape index (κ1) is 20.4. The van der Waals surface area contributed by atoms with Crippen molar-refractivity contribution in [2.24, 2.45) is 0 Å². The van der Waals surface area contributed by atoms with E-state index in [4.69, 9.17) is 9.47 Å². The van der Waals surface area contributed by atoms with Crippen LogP contribution in [-0.2, 0) is 6.54 Å². The second-order valence-corrected chi connectivity index (χ2v) is 8.40. The van der Waals surface area contributed by atoms with Gasteiger partial charge in [0.2, 0.25) is 0 Å². The van der Waals surface area contributed by atoms with Gasteiger partial charge in [0, 0.05) is 31.1 Å². The molecule has 1 amide bonds. The highest BCUT2D eigenvalue weighted by atomic mass is 32.1. The lowest BCUT2D eigenvalue weighted by Crippen LogP contribution is -2.39. The molecule has 1 aromatic heterocycles. The van der Waals surface area contributed by atoms with Gasteiger partial charge < -0.3 is 14.8 Å². The Kier molecular flexibility index (Phi) is 6.35. The van der Waals surface area contributed by atoms with Crippen molar-refractivity contribution in [1.82, 2.24) is 10.2 Å². The zero-order valence-corrected chi connectivity index (χ0v) is 18.0. The van der Waals surface area contributed by atoms with E-state index in [9.17, 15) is 4.79 Å². The molecule has 4 rings (SSSR count). The molecule has 5 nitrogen and oxygen atoms in total. The van der Waals surface area contributed by atoms with Crippen molar-refractivity contribution in [3.05, 3.63) is 82.0 Å². The number of likely N-dealkylation sites (tertiary alicyclic amines) is 1. The number of methoxy groups -OCH3 is 2. The van der Waals surface area contributed by atoms with Crippen molar-refractivity contribution in [1.29, 1.82) is 0 Å². The first-order valence-electron chi connectivity index (χ1n) is 10.0. The van der Waals surface area contributed by atoms with Crippen LogP contribution < -0.4 is 14.8 Å². The van der Waals surface area contributed by atoms with E-state index in [1.165, 1.54) is 16.9 Å². The number of carbonyl (C=O) groups is 1. The van der Waals surface area contributed by atoms with Crippen LogP contribution in [0.5, 0.6) is 11.5 Å². The molecule has 1 aliphatic heterocycles. The van der Waals surface area contributed by atoms with Crippen LogP contribution in [0.15, 0.2) is 66.0 Å². The molecule has 1 fully saturated rings. The Labute approximate surface area is 181 Å². The molecule has 3 aromatic rings. The van der Waals surface area contributed by atoms with Crippen LogP contribution in [0.1, 0.15) is 26.7 Å². The highest BCUT2D eigenvalue weighted by Gasteiger charge is 2.36. The Morgan fingerprint density at radius 3 is 2.60 bits per heavy atom. The van der Waals surface area contributed by atoms with Crippen molar-refractivity contribution in [3.8, 4) is 11.5 Å². The lowest BCUT2D eigenvalue weighted by Gasteiger charge is -2.22. The maximum atomic E-state index is 12.8. The van der Waals surface area contributed by atoms with Gasteiger partial charge in [0.05, 0.1) is 25.1 Å². The van der Waals surface area contributed by atoms with Gasteiger partial charge in [-0.3, -0.25) is 9.69 Å². The maximum Gasteiger partial charge on any atom is 0.261 e. The molecule has 2 atom stereocenters. The fraction of sp³-hybridized carbons (Fsp3) is 0.292. The van der Waals surface area contributed by atoms with Gasteiger partial charge in [-0.2, -0.15) is 0 Å². The predicted octanol–water partition coefficient (Wildman–Crippen LogP) is 4.16. The van der Waals surface area contributed by atoms with E-state index < -0.39 is 0 Å². The first-order chi connectivity index (χ1) is 14.7. The number of nitrogens with one attached hydrogen (secondary N) is 1. The van der Waals surface area contributed by atoms with E-state index in [1.807, 2.05) is 41.8 Å². The van der Waals surface area contributed by atoms with E-state index in [-0.39, 0.29) is 17.9 Å². The molecule has 1 aliphatic rings. The number of thiophene rings is 1. The van der Waals surface area contributed by atoms with Gasteiger partial charge in [0.15, 0.2) is 0 Å². The Balaban J connectivity index is 1.61. The quantitative estimate of drug-likeness (QED) is 0.621. The summed E-state index contributed by atoms with van der Waals surface area (Å²) in [7, 11) is 3.35. The Morgan fingerprint density at radius 2 is 1.90 bits per heavy atom.